The summed E-state index contributed by atoms with van der Waals surface area (Å²) in [6.07, 6.45) is 2.12. The molecule has 0 radical (unpaired) electrons. The molecule has 0 rings (SSSR count). The molecule has 0 aliphatic rings. The van der Waals surface area contributed by atoms with Gasteiger partial charge in [0.15, 0.2) is 0 Å². The number of nitrogens with zero attached hydrogens (tertiary/aromatic N) is 1. The lowest BCUT2D eigenvalue weighted by Crippen LogP contribution is -2.48. The van der Waals surface area contributed by atoms with E-state index >= 15 is 0 Å². The number of ether oxygens (including phenoxy) is 1. The van der Waals surface area contributed by atoms with Crippen molar-refractivity contribution in [1.82, 2.24) is 5.32 Å². The topological polar surface area (TPSA) is 62.1 Å². The molecule has 0 fully saturated rings. The molecule has 4 nitrogen and oxygen atoms in total. The maximum atomic E-state index is 11.8. The lowest BCUT2D eigenvalue weighted by atomic mass is 10.0. The second-order valence-electron chi connectivity index (χ2n) is 3.73. The molecule has 0 saturated carbocycles. The normalized spacial score (nSPS) is 16.2. The van der Waals surface area contributed by atoms with Gasteiger partial charge in [0, 0.05) is 7.11 Å². The van der Waals surface area contributed by atoms with Crippen LogP contribution in [0.5, 0.6) is 0 Å². The Balaban J connectivity index is 4.40. The van der Waals surface area contributed by atoms with Gasteiger partial charge in [-0.15, -0.1) is 0 Å². The minimum absolute atomic E-state index is 0.215. The number of methoxy groups -OCH3 is 1. The quantitative estimate of drug-likeness (QED) is 0.727. The van der Waals surface area contributed by atoms with Gasteiger partial charge in [0.2, 0.25) is 0 Å². The summed E-state index contributed by atoms with van der Waals surface area (Å²) in [7, 11) is 1.50. The zero-order chi connectivity index (χ0) is 11.9. The fourth-order valence-electron chi connectivity index (χ4n) is 1.17. The molecule has 0 aliphatic heterocycles. The Morgan fingerprint density at radius 3 is 2.53 bits per heavy atom. The number of nitrogens with one attached hydrogen (secondary N) is 1. The number of carbonyl (C=O) groups excluding carboxylic acids is 1. The maximum Gasteiger partial charge on any atom is 0.252 e. The standard InChI is InChI=1S/C11H20N2O2/c1-5-7-9(8-12)13-10(14)11(3,6-2)15-4/h9H,5-7H2,1-4H3,(H,13,14). The molecule has 2 unspecified atom stereocenters. The van der Waals surface area contributed by atoms with Crippen molar-refractivity contribution in [3.63, 3.8) is 0 Å². The average molecular weight is 212 g/mol. The summed E-state index contributed by atoms with van der Waals surface area (Å²) in [4.78, 5) is 11.8. The largest absolute Gasteiger partial charge is 0.369 e. The van der Waals surface area contributed by atoms with Crippen molar-refractivity contribution < 1.29 is 9.53 Å². The molecule has 0 spiro atoms. The molecule has 0 aromatic heterocycles. The van der Waals surface area contributed by atoms with E-state index in [-0.39, 0.29) is 5.91 Å². The zero-order valence-electron chi connectivity index (χ0n) is 9.96. The first-order chi connectivity index (χ1) is 7.03. The van der Waals surface area contributed by atoms with E-state index in [9.17, 15) is 4.79 Å². The molecule has 1 amide bonds. The summed E-state index contributed by atoms with van der Waals surface area (Å²) in [6, 6.07) is 1.65. The Morgan fingerprint density at radius 1 is 1.60 bits per heavy atom. The molecule has 86 valence electrons. The second-order valence-corrected chi connectivity index (χ2v) is 3.73. The first-order valence-electron chi connectivity index (χ1n) is 5.29. The summed E-state index contributed by atoms with van der Waals surface area (Å²) in [5.74, 6) is -0.215. The van der Waals surface area contributed by atoms with E-state index in [2.05, 4.69) is 11.4 Å². The highest BCUT2D eigenvalue weighted by atomic mass is 16.5. The smallest absolute Gasteiger partial charge is 0.252 e. The van der Waals surface area contributed by atoms with Gasteiger partial charge in [-0.25, -0.2) is 0 Å². The monoisotopic (exact) mass is 212 g/mol. The molecular weight excluding hydrogens is 192 g/mol. The van der Waals surface area contributed by atoms with Crippen molar-refractivity contribution in [2.24, 2.45) is 0 Å². The molecule has 0 saturated heterocycles. The van der Waals surface area contributed by atoms with E-state index in [4.69, 9.17) is 10.00 Å². The van der Waals surface area contributed by atoms with Gasteiger partial charge >= 0.3 is 0 Å². The van der Waals surface area contributed by atoms with Crippen molar-refractivity contribution in [2.75, 3.05) is 7.11 Å². The third-order valence-electron chi connectivity index (χ3n) is 2.64. The van der Waals surface area contributed by atoms with Gasteiger partial charge in [0.1, 0.15) is 11.6 Å². The molecule has 15 heavy (non-hydrogen) atoms. The third-order valence-corrected chi connectivity index (χ3v) is 2.64. The van der Waals surface area contributed by atoms with Crippen LogP contribution in [0.15, 0.2) is 0 Å². The van der Waals surface area contributed by atoms with Crippen LogP contribution in [0.3, 0.4) is 0 Å². The molecule has 4 heteroatoms. The number of hydrogen-bond acceptors (Lipinski definition) is 3. The number of amides is 1. The molecule has 1 N–H and O–H groups in total. The van der Waals surface area contributed by atoms with Crippen molar-refractivity contribution in [3.05, 3.63) is 0 Å². The highest BCUT2D eigenvalue weighted by Crippen LogP contribution is 2.14. The highest BCUT2D eigenvalue weighted by molar-refractivity contribution is 5.85. The predicted molar refractivity (Wildman–Crippen MR) is 58.2 cm³/mol. The minimum Gasteiger partial charge on any atom is -0.369 e. The van der Waals surface area contributed by atoms with Crippen LogP contribution in [0, 0.1) is 11.3 Å². The molecule has 0 aromatic carbocycles. The van der Waals surface area contributed by atoms with E-state index in [1.165, 1.54) is 7.11 Å². The second kappa shape index (κ2) is 6.41. The number of hydrogen-bond donors (Lipinski definition) is 1. The number of nitriles is 1. The van der Waals surface area contributed by atoms with Crippen LogP contribution in [0.1, 0.15) is 40.0 Å². The summed E-state index contributed by atoms with van der Waals surface area (Å²) in [6.45, 7) is 5.58. The fourth-order valence-corrected chi connectivity index (χ4v) is 1.17. The van der Waals surface area contributed by atoms with Crippen LogP contribution in [0.25, 0.3) is 0 Å². The summed E-state index contributed by atoms with van der Waals surface area (Å²) >= 11 is 0. The SMILES string of the molecule is CCCC(C#N)NC(=O)C(C)(CC)OC. The van der Waals surface area contributed by atoms with Crippen LogP contribution in [-0.4, -0.2) is 24.7 Å². The van der Waals surface area contributed by atoms with Crippen LogP contribution in [0.4, 0.5) is 0 Å². The molecule has 0 aliphatic carbocycles. The molecular formula is C11H20N2O2. The van der Waals surface area contributed by atoms with Gasteiger partial charge in [-0.2, -0.15) is 5.26 Å². The summed E-state index contributed by atoms with van der Waals surface area (Å²) in [5, 5.41) is 11.5. The van der Waals surface area contributed by atoms with Crippen LogP contribution >= 0.6 is 0 Å². The Hall–Kier alpha value is -1.08. The van der Waals surface area contributed by atoms with Gasteiger partial charge in [-0.1, -0.05) is 20.3 Å². The van der Waals surface area contributed by atoms with Gasteiger partial charge < -0.3 is 10.1 Å². The van der Waals surface area contributed by atoms with E-state index in [1.807, 2.05) is 13.8 Å². The van der Waals surface area contributed by atoms with E-state index < -0.39 is 11.6 Å². The summed E-state index contributed by atoms with van der Waals surface area (Å²) < 4.78 is 5.15. The highest BCUT2D eigenvalue weighted by Gasteiger charge is 2.32. The van der Waals surface area contributed by atoms with Crippen LogP contribution < -0.4 is 5.32 Å². The van der Waals surface area contributed by atoms with Crippen molar-refractivity contribution in [3.8, 4) is 6.07 Å². The summed E-state index contributed by atoms with van der Waals surface area (Å²) in [5.41, 5.74) is -0.831. The molecule has 0 aromatic rings. The average Bonchev–Trinajstić information content (AvgIpc) is 2.27. The Morgan fingerprint density at radius 2 is 2.20 bits per heavy atom. The van der Waals surface area contributed by atoms with Gasteiger partial charge in [0.05, 0.1) is 6.07 Å². The minimum atomic E-state index is -0.831. The van der Waals surface area contributed by atoms with Gasteiger partial charge in [-0.3, -0.25) is 4.79 Å². The number of carbonyl (C=O) groups is 1. The first kappa shape index (κ1) is 13.9. The van der Waals surface area contributed by atoms with Gasteiger partial charge in [-0.05, 0) is 19.8 Å². The van der Waals surface area contributed by atoms with Crippen molar-refractivity contribution in [1.29, 1.82) is 5.26 Å². The van der Waals surface area contributed by atoms with Crippen LogP contribution in [-0.2, 0) is 9.53 Å². The third kappa shape index (κ3) is 3.88. The lowest BCUT2D eigenvalue weighted by molar-refractivity contribution is -0.142. The van der Waals surface area contributed by atoms with Crippen molar-refractivity contribution in [2.45, 2.75) is 51.7 Å². The molecule has 0 heterocycles. The Labute approximate surface area is 91.6 Å². The van der Waals surface area contributed by atoms with E-state index in [0.717, 1.165) is 6.42 Å². The maximum absolute atomic E-state index is 11.8. The Bertz CT molecular complexity index is 241. The Kier molecular flexibility index (Phi) is 5.95. The molecule has 0 bridgehead atoms. The predicted octanol–water partition coefficient (Wildman–Crippen LogP) is 1.61. The molecule has 2 atom stereocenters. The van der Waals surface area contributed by atoms with Crippen LogP contribution in [0.2, 0.25) is 0 Å². The fraction of sp³-hybridized carbons (Fsp3) is 0.818. The van der Waals surface area contributed by atoms with E-state index in [1.54, 1.807) is 6.92 Å². The zero-order valence-corrected chi connectivity index (χ0v) is 9.96. The van der Waals surface area contributed by atoms with E-state index in [0.29, 0.717) is 12.8 Å². The lowest BCUT2D eigenvalue weighted by Gasteiger charge is -2.26. The first-order valence-corrected chi connectivity index (χ1v) is 5.29. The van der Waals surface area contributed by atoms with Gasteiger partial charge in [0.25, 0.3) is 5.91 Å². The number of rotatable bonds is 6. The van der Waals surface area contributed by atoms with Crippen molar-refractivity contribution >= 4 is 5.91 Å².